The van der Waals surface area contributed by atoms with Crippen molar-refractivity contribution in [2.24, 2.45) is 5.92 Å². The molecule has 2 atom stereocenters. The lowest BCUT2D eigenvalue weighted by atomic mass is 9.85. The number of para-hydroxylation sites is 2. The summed E-state index contributed by atoms with van der Waals surface area (Å²) < 4.78 is 13.3. The summed E-state index contributed by atoms with van der Waals surface area (Å²) in [5.74, 6) is 0.762. The Bertz CT molecular complexity index is 814. The molecule has 2 aliphatic rings. The number of ether oxygens (including phenoxy) is 2. The van der Waals surface area contributed by atoms with Crippen molar-refractivity contribution < 1.29 is 14.3 Å². The van der Waals surface area contributed by atoms with E-state index in [4.69, 9.17) is 9.47 Å². The molecule has 3 heterocycles. The maximum atomic E-state index is 13.1. The first-order valence-electron chi connectivity index (χ1n) is 9.13. The maximum absolute atomic E-state index is 13.1. The Morgan fingerprint density at radius 1 is 1.31 bits per heavy atom. The standard InChI is InChI=1S/C20H25N3O3/c1-20(2)10-12-22(20)19(24)14-9-13-26-18(14)16-8-11-21-23(16)15-6-4-5-7-17(15)25-3/h4-8,11,14,18H,9-10,12-13H2,1-3H3/t14-,18-/m0/s1. The first-order chi connectivity index (χ1) is 12.5. The van der Waals surface area contributed by atoms with E-state index < -0.39 is 0 Å². The van der Waals surface area contributed by atoms with E-state index in [1.807, 2.05) is 39.9 Å². The van der Waals surface area contributed by atoms with Crippen LogP contribution in [0.4, 0.5) is 0 Å². The highest BCUT2D eigenvalue weighted by molar-refractivity contribution is 5.81. The van der Waals surface area contributed by atoms with Crippen molar-refractivity contribution in [2.75, 3.05) is 20.3 Å². The molecule has 1 aromatic heterocycles. The van der Waals surface area contributed by atoms with Crippen LogP contribution in [-0.4, -0.2) is 46.4 Å². The van der Waals surface area contributed by atoms with Gasteiger partial charge in [-0.3, -0.25) is 4.79 Å². The van der Waals surface area contributed by atoms with Gasteiger partial charge in [-0.25, -0.2) is 4.68 Å². The summed E-state index contributed by atoms with van der Waals surface area (Å²) in [6.45, 7) is 5.67. The van der Waals surface area contributed by atoms with Crippen LogP contribution in [0.15, 0.2) is 36.5 Å². The third-order valence-corrected chi connectivity index (χ3v) is 5.63. The zero-order valence-electron chi connectivity index (χ0n) is 15.5. The van der Waals surface area contributed by atoms with Crippen LogP contribution in [0.1, 0.15) is 38.5 Å². The number of hydrogen-bond donors (Lipinski definition) is 0. The van der Waals surface area contributed by atoms with Gasteiger partial charge in [0.15, 0.2) is 0 Å². The molecule has 0 unspecified atom stereocenters. The molecule has 1 amide bonds. The van der Waals surface area contributed by atoms with E-state index in [-0.39, 0.29) is 23.5 Å². The van der Waals surface area contributed by atoms with Gasteiger partial charge in [0.05, 0.1) is 18.7 Å². The van der Waals surface area contributed by atoms with Crippen LogP contribution in [0.2, 0.25) is 0 Å². The number of nitrogens with zero attached hydrogens (tertiary/aromatic N) is 3. The molecule has 6 nitrogen and oxygen atoms in total. The van der Waals surface area contributed by atoms with Crippen LogP contribution in [0.5, 0.6) is 5.75 Å². The van der Waals surface area contributed by atoms with Crippen molar-refractivity contribution in [3.8, 4) is 11.4 Å². The molecule has 6 heteroatoms. The van der Waals surface area contributed by atoms with Crippen LogP contribution in [0, 0.1) is 5.92 Å². The smallest absolute Gasteiger partial charge is 0.229 e. The molecular formula is C20H25N3O3. The molecule has 0 radical (unpaired) electrons. The molecule has 0 saturated carbocycles. The van der Waals surface area contributed by atoms with Crippen LogP contribution in [0.25, 0.3) is 5.69 Å². The van der Waals surface area contributed by atoms with Gasteiger partial charge in [-0.05, 0) is 44.9 Å². The SMILES string of the molecule is COc1ccccc1-n1nccc1[C@H]1OCC[C@@H]1C(=O)N1CCC1(C)C. The predicted molar refractivity (Wildman–Crippen MR) is 97.3 cm³/mol. The molecule has 2 aliphatic heterocycles. The predicted octanol–water partition coefficient (Wildman–Crippen LogP) is 2.97. The van der Waals surface area contributed by atoms with Gasteiger partial charge in [0, 0.05) is 24.9 Å². The first-order valence-corrected chi connectivity index (χ1v) is 9.13. The van der Waals surface area contributed by atoms with Gasteiger partial charge in [-0.2, -0.15) is 5.10 Å². The third kappa shape index (κ3) is 2.69. The fourth-order valence-corrected chi connectivity index (χ4v) is 3.95. The molecule has 1 aromatic carbocycles. The highest BCUT2D eigenvalue weighted by Crippen LogP contribution is 2.40. The lowest BCUT2D eigenvalue weighted by Gasteiger charge is -2.49. The van der Waals surface area contributed by atoms with Gasteiger partial charge in [-0.1, -0.05) is 12.1 Å². The Balaban J connectivity index is 1.66. The zero-order valence-corrected chi connectivity index (χ0v) is 15.5. The van der Waals surface area contributed by atoms with Crippen molar-refractivity contribution in [3.05, 3.63) is 42.2 Å². The maximum Gasteiger partial charge on any atom is 0.229 e. The normalized spacial score (nSPS) is 24.3. The van der Waals surface area contributed by atoms with Crippen molar-refractivity contribution in [3.63, 3.8) is 0 Å². The van der Waals surface area contributed by atoms with E-state index in [0.29, 0.717) is 6.61 Å². The molecule has 0 N–H and O–H groups in total. The Morgan fingerprint density at radius 3 is 2.81 bits per heavy atom. The number of amides is 1. The van der Waals surface area contributed by atoms with Gasteiger partial charge in [0.1, 0.15) is 17.5 Å². The van der Waals surface area contributed by atoms with E-state index in [1.54, 1.807) is 13.3 Å². The molecule has 0 aliphatic carbocycles. The topological polar surface area (TPSA) is 56.6 Å². The number of methoxy groups -OCH3 is 1. The summed E-state index contributed by atoms with van der Waals surface area (Å²) in [7, 11) is 1.65. The van der Waals surface area contributed by atoms with E-state index >= 15 is 0 Å². The number of rotatable bonds is 4. The number of carbonyl (C=O) groups excluding carboxylic acids is 1. The van der Waals surface area contributed by atoms with E-state index in [1.165, 1.54) is 0 Å². The van der Waals surface area contributed by atoms with Crippen molar-refractivity contribution in [1.29, 1.82) is 0 Å². The van der Waals surface area contributed by atoms with E-state index in [0.717, 1.165) is 36.5 Å². The minimum atomic E-state index is -0.286. The largest absolute Gasteiger partial charge is 0.494 e. The van der Waals surface area contributed by atoms with E-state index in [2.05, 4.69) is 18.9 Å². The summed E-state index contributed by atoms with van der Waals surface area (Å²) in [6, 6.07) is 9.67. The third-order valence-electron chi connectivity index (χ3n) is 5.63. The molecule has 26 heavy (non-hydrogen) atoms. The molecule has 0 spiro atoms. The second-order valence-electron chi connectivity index (χ2n) is 7.58. The van der Waals surface area contributed by atoms with Crippen molar-refractivity contribution in [2.45, 2.75) is 38.3 Å². The molecule has 4 rings (SSSR count). The minimum absolute atomic E-state index is 0.0485. The van der Waals surface area contributed by atoms with Gasteiger partial charge < -0.3 is 14.4 Å². The number of likely N-dealkylation sites (tertiary alicyclic amines) is 1. The van der Waals surface area contributed by atoms with E-state index in [9.17, 15) is 4.79 Å². The average Bonchev–Trinajstić information content (AvgIpc) is 3.29. The summed E-state index contributed by atoms with van der Waals surface area (Å²) in [4.78, 5) is 15.1. The quantitative estimate of drug-likeness (QED) is 0.846. The lowest BCUT2D eigenvalue weighted by Crippen LogP contribution is -2.60. The average molecular weight is 355 g/mol. The second-order valence-corrected chi connectivity index (χ2v) is 7.58. The fourth-order valence-electron chi connectivity index (χ4n) is 3.95. The van der Waals surface area contributed by atoms with Crippen molar-refractivity contribution >= 4 is 5.91 Å². The van der Waals surface area contributed by atoms with Crippen LogP contribution in [0.3, 0.4) is 0 Å². The number of hydrogen-bond acceptors (Lipinski definition) is 4. The van der Waals surface area contributed by atoms with Crippen LogP contribution < -0.4 is 4.74 Å². The van der Waals surface area contributed by atoms with Gasteiger partial charge in [0.25, 0.3) is 0 Å². The van der Waals surface area contributed by atoms with Crippen LogP contribution in [-0.2, 0) is 9.53 Å². The highest BCUT2D eigenvalue weighted by Gasteiger charge is 2.46. The first kappa shape index (κ1) is 17.1. The second kappa shape index (κ2) is 6.43. The summed E-state index contributed by atoms with van der Waals surface area (Å²) in [5.41, 5.74) is 1.69. The van der Waals surface area contributed by atoms with Gasteiger partial charge >= 0.3 is 0 Å². The van der Waals surface area contributed by atoms with Crippen molar-refractivity contribution in [1.82, 2.24) is 14.7 Å². The molecule has 2 saturated heterocycles. The van der Waals surface area contributed by atoms with Gasteiger partial charge in [0.2, 0.25) is 5.91 Å². The molecule has 0 bridgehead atoms. The summed E-state index contributed by atoms with van der Waals surface area (Å²) in [5, 5.41) is 4.47. The molecule has 2 fully saturated rings. The molecule has 2 aromatic rings. The van der Waals surface area contributed by atoms with Crippen LogP contribution >= 0.6 is 0 Å². The summed E-state index contributed by atoms with van der Waals surface area (Å²) in [6.07, 6.45) is 3.26. The van der Waals surface area contributed by atoms with Gasteiger partial charge in [-0.15, -0.1) is 0 Å². The zero-order chi connectivity index (χ0) is 18.3. The Kier molecular flexibility index (Phi) is 4.23. The monoisotopic (exact) mass is 355 g/mol. The lowest BCUT2D eigenvalue weighted by molar-refractivity contribution is -0.151. The highest BCUT2D eigenvalue weighted by atomic mass is 16.5. The minimum Gasteiger partial charge on any atom is -0.494 e. The summed E-state index contributed by atoms with van der Waals surface area (Å²) >= 11 is 0. The Hall–Kier alpha value is -2.34. The fraction of sp³-hybridized carbons (Fsp3) is 0.500. The molecular weight excluding hydrogens is 330 g/mol. The Labute approximate surface area is 153 Å². The number of aromatic nitrogens is 2. The number of benzene rings is 1. The molecule has 138 valence electrons. The Morgan fingerprint density at radius 2 is 2.12 bits per heavy atom. The number of carbonyl (C=O) groups is 1.